The van der Waals surface area contributed by atoms with Gasteiger partial charge >= 0.3 is 0 Å². The Bertz CT molecular complexity index is 2040. The summed E-state index contributed by atoms with van der Waals surface area (Å²) < 4.78 is 0. The molecule has 1 heterocycles. The lowest BCUT2D eigenvalue weighted by atomic mass is 9.59. The molecule has 226 valence electrons. The van der Waals surface area contributed by atoms with Crippen molar-refractivity contribution in [3.05, 3.63) is 172 Å². The van der Waals surface area contributed by atoms with Crippen LogP contribution >= 0.6 is 0 Å². The number of rotatable bonds is 5. The van der Waals surface area contributed by atoms with E-state index in [2.05, 4.69) is 6.07 Å². The topological polar surface area (TPSA) is 78.2 Å². The van der Waals surface area contributed by atoms with Crippen LogP contribution in [0.4, 0.5) is 5.69 Å². The van der Waals surface area contributed by atoms with Crippen molar-refractivity contribution in [3.63, 3.8) is 0 Å². The van der Waals surface area contributed by atoms with Gasteiger partial charge in [0.25, 0.3) is 0 Å². The second-order valence-corrected chi connectivity index (χ2v) is 12.8. The highest BCUT2D eigenvalue weighted by molar-refractivity contribution is 6.39. The minimum absolute atomic E-state index is 0.148. The molecule has 0 aromatic heterocycles. The lowest BCUT2D eigenvalue weighted by Gasteiger charge is -2.39. The molecule has 0 spiro atoms. The SMILES string of the molecule is Cc1ccc(C2=C(c3ccc(C)cc3)[C@@]3(c4ccccc4)C(=O)[C@@]2(c2ccccc2)[C@@H]2C(=O)N(c4ccc(C#N)cc4)C(=O)[C@@H]23)cc1. The van der Waals surface area contributed by atoms with Gasteiger partial charge in [0, 0.05) is 0 Å². The van der Waals surface area contributed by atoms with E-state index in [1.54, 1.807) is 24.3 Å². The molecule has 0 radical (unpaired) electrons. The lowest BCUT2D eigenvalue weighted by Crippen LogP contribution is -2.45. The third kappa shape index (κ3) is 3.67. The number of carbonyl (C=O) groups excluding carboxylic acids is 3. The van der Waals surface area contributed by atoms with Gasteiger partial charge in [-0.3, -0.25) is 14.4 Å². The van der Waals surface area contributed by atoms with Crippen LogP contribution in [0, 0.1) is 37.0 Å². The van der Waals surface area contributed by atoms with Gasteiger partial charge in [-0.25, -0.2) is 4.90 Å². The number of hydrogen-bond acceptors (Lipinski definition) is 4. The number of nitrogens with zero attached hydrogens (tertiary/aromatic N) is 2. The number of allylic oxidation sites excluding steroid dienone is 2. The van der Waals surface area contributed by atoms with E-state index in [4.69, 9.17) is 0 Å². The maximum absolute atomic E-state index is 15.9. The van der Waals surface area contributed by atoms with E-state index in [-0.39, 0.29) is 5.78 Å². The van der Waals surface area contributed by atoms with E-state index in [0.29, 0.717) is 22.4 Å². The van der Waals surface area contributed by atoms with Crippen LogP contribution in [0.15, 0.2) is 133 Å². The second kappa shape index (κ2) is 10.3. The Kier molecular flexibility index (Phi) is 6.29. The number of anilines is 1. The van der Waals surface area contributed by atoms with E-state index >= 15 is 14.4 Å². The van der Waals surface area contributed by atoms with E-state index in [0.717, 1.165) is 33.4 Å². The zero-order chi connectivity index (χ0) is 32.5. The highest BCUT2D eigenvalue weighted by Gasteiger charge is 2.82. The molecule has 4 atom stereocenters. The summed E-state index contributed by atoms with van der Waals surface area (Å²) in [5.74, 6) is -2.96. The molecule has 3 aliphatic rings. The Morgan fingerprint density at radius 3 is 1.34 bits per heavy atom. The Morgan fingerprint density at radius 2 is 0.957 bits per heavy atom. The number of imide groups is 1. The van der Waals surface area contributed by atoms with Crippen molar-refractivity contribution < 1.29 is 14.4 Å². The van der Waals surface area contributed by atoms with Gasteiger partial charge < -0.3 is 0 Å². The molecule has 0 unspecified atom stereocenters. The minimum atomic E-state index is -1.45. The largest absolute Gasteiger partial charge is 0.297 e. The summed E-state index contributed by atoms with van der Waals surface area (Å²) in [7, 11) is 0. The minimum Gasteiger partial charge on any atom is -0.297 e. The molecule has 2 amide bonds. The fourth-order valence-corrected chi connectivity index (χ4v) is 8.50. The number of benzene rings is 5. The van der Waals surface area contributed by atoms with Gasteiger partial charge in [0.1, 0.15) is 0 Å². The second-order valence-electron chi connectivity index (χ2n) is 12.8. The number of ketones is 1. The summed E-state index contributed by atoms with van der Waals surface area (Å²) in [6, 6.07) is 43.9. The fraction of sp³-hybridized carbons (Fsp3) is 0.143. The fourth-order valence-electron chi connectivity index (χ4n) is 8.50. The van der Waals surface area contributed by atoms with Gasteiger partial charge in [0.05, 0.1) is 40.0 Å². The highest BCUT2D eigenvalue weighted by atomic mass is 16.2. The Hall–Kier alpha value is -5.86. The molecular formula is C42H30N2O3. The van der Waals surface area contributed by atoms with Gasteiger partial charge in [-0.15, -0.1) is 0 Å². The van der Waals surface area contributed by atoms with Crippen LogP contribution in [0.1, 0.15) is 38.9 Å². The third-order valence-corrected chi connectivity index (χ3v) is 10.4. The van der Waals surface area contributed by atoms with Crippen LogP contribution in [0.2, 0.25) is 0 Å². The normalized spacial score (nSPS) is 24.5. The molecule has 1 aliphatic heterocycles. The number of fused-ring (bicyclic) bond motifs is 5. The summed E-state index contributed by atoms with van der Waals surface area (Å²) in [5.41, 5.74) is 4.67. The molecule has 2 fully saturated rings. The highest BCUT2D eigenvalue weighted by Crippen LogP contribution is 2.74. The van der Waals surface area contributed by atoms with Crippen LogP contribution in [0.3, 0.4) is 0 Å². The smallest absolute Gasteiger partial charge is 0.239 e. The molecule has 2 aliphatic carbocycles. The molecule has 5 heteroatoms. The Morgan fingerprint density at radius 1 is 0.553 bits per heavy atom. The van der Waals surface area contributed by atoms with Crippen molar-refractivity contribution in [2.75, 3.05) is 4.90 Å². The zero-order valence-electron chi connectivity index (χ0n) is 26.0. The molecule has 1 saturated heterocycles. The van der Waals surface area contributed by atoms with Gasteiger partial charge in [-0.2, -0.15) is 5.26 Å². The molecule has 0 N–H and O–H groups in total. The third-order valence-electron chi connectivity index (χ3n) is 10.4. The number of aryl methyl sites for hydroxylation is 2. The predicted molar refractivity (Wildman–Crippen MR) is 181 cm³/mol. The average molecular weight is 611 g/mol. The van der Waals surface area contributed by atoms with Crippen molar-refractivity contribution in [1.29, 1.82) is 5.26 Å². The van der Waals surface area contributed by atoms with Crippen LogP contribution in [0.25, 0.3) is 11.1 Å². The number of carbonyl (C=O) groups is 3. The van der Waals surface area contributed by atoms with Crippen LogP contribution in [0.5, 0.6) is 0 Å². The monoisotopic (exact) mass is 610 g/mol. The number of amides is 2. The standard InChI is InChI=1S/C42H30N2O3/c1-26-13-19-29(20-14-26)34-35(30-21-15-27(2)16-22-30)42(32-11-7-4-8-12-32)37-36(41(34,40(42)47)31-9-5-3-6-10-31)38(45)44(39(37)46)33-23-17-28(25-43)18-24-33/h3-24,36-37H,1-2H3/t36-,37+,41-,42-/m1/s1. The van der Waals surface area contributed by atoms with Crippen LogP contribution in [-0.4, -0.2) is 17.6 Å². The lowest BCUT2D eigenvalue weighted by molar-refractivity contribution is -0.130. The first kappa shape index (κ1) is 28.6. The molecule has 5 aromatic rings. The summed E-state index contributed by atoms with van der Waals surface area (Å²) in [6.45, 7) is 4.04. The summed E-state index contributed by atoms with van der Waals surface area (Å²) in [6.07, 6.45) is 0. The predicted octanol–water partition coefficient (Wildman–Crippen LogP) is 7.36. The Labute approximate surface area is 273 Å². The molecule has 8 rings (SSSR count). The van der Waals surface area contributed by atoms with E-state index < -0.39 is 34.5 Å². The first-order valence-corrected chi connectivity index (χ1v) is 15.8. The average Bonchev–Trinajstić information content (AvgIpc) is 3.62. The molecule has 1 saturated carbocycles. The summed E-state index contributed by atoms with van der Waals surface area (Å²) >= 11 is 0. The quantitative estimate of drug-likeness (QED) is 0.195. The summed E-state index contributed by atoms with van der Waals surface area (Å²) in [4.78, 5) is 47.2. The Balaban J connectivity index is 1.54. The molecular weight excluding hydrogens is 580 g/mol. The van der Waals surface area contributed by atoms with Crippen molar-refractivity contribution in [1.82, 2.24) is 0 Å². The first-order valence-electron chi connectivity index (χ1n) is 15.8. The van der Waals surface area contributed by atoms with Crippen LogP contribution in [-0.2, 0) is 25.2 Å². The van der Waals surface area contributed by atoms with E-state index in [9.17, 15) is 5.26 Å². The van der Waals surface area contributed by atoms with Gasteiger partial charge in [0.15, 0.2) is 5.78 Å². The van der Waals surface area contributed by atoms with Crippen molar-refractivity contribution in [2.45, 2.75) is 24.7 Å². The first-order chi connectivity index (χ1) is 22.8. The number of nitriles is 1. The summed E-state index contributed by atoms with van der Waals surface area (Å²) in [5, 5.41) is 9.42. The van der Waals surface area contributed by atoms with E-state index in [1.807, 2.05) is 123 Å². The number of Topliss-reactive ketones (excluding diaryl/α,β-unsaturated/α-hetero) is 1. The zero-order valence-corrected chi connectivity index (χ0v) is 26.0. The molecule has 5 nitrogen and oxygen atoms in total. The maximum Gasteiger partial charge on any atom is 0.239 e. The molecule has 2 bridgehead atoms. The van der Waals surface area contributed by atoms with Crippen molar-refractivity contribution >= 4 is 34.4 Å². The van der Waals surface area contributed by atoms with E-state index in [1.165, 1.54) is 4.90 Å². The van der Waals surface area contributed by atoms with Crippen LogP contribution < -0.4 is 4.90 Å². The van der Waals surface area contributed by atoms with Crippen molar-refractivity contribution in [2.24, 2.45) is 11.8 Å². The van der Waals surface area contributed by atoms with Gasteiger partial charge in [-0.1, -0.05) is 120 Å². The number of hydrogen-bond donors (Lipinski definition) is 0. The molecule has 5 aromatic carbocycles. The molecule has 47 heavy (non-hydrogen) atoms. The van der Waals surface area contributed by atoms with Gasteiger partial charge in [-0.05, 0) is 71.5 Å². The maximum atomic E-state index is 15.9. The van der Waals surface area contributed by atoms with Crippen molar-refractivity contribution in [3.8, 4) is 6.07 Å². The van der Waals surface area contributed by atoms with Gasteiger partial charge in [0.2, 0.25) is 11.8 Å².